The minimum Gasteiger partial charge on any atom is -0.386 e. The van der Waals surface area contributed by atoms with Crippen LogP contribution in [0.25, 0.3) is 28.2 Å². The first kappa shape index (κ1) is 34.8. The molecule has 0 aliphatic rings. The average molecular weight is 687 g/mol. The van der Waals surface area contributed by atoms with E-state index in [9.17, 15) is 5.11 Å². The van der Waals surface area contributed by atoms with Crippen molar-refractivity contribution in [2.45, 2.75) is 65.5 Å². The predicted molar refractivity (Wildman–Crippen MR) is 208 cm³/mol. The summed E-state index contributed by atoms with van der Waals surface area (Å²) in [5.74, 6) is 1.63. The molecule has 0 amide bonds. The maximum atomic E-state index is 11.3. The SMILES string of the molecule is CCCCc1nc(C(O)C(C)(C)C)c(C)n1-c1ccc(-c2ccccc2-c2nnnn2C(c2ccccc2)(c2ccccc2)c2ccccc2)cc1. The van der Waals surface area contributed by atoms with E-state index in [4.69, 9.17) is 15.3 Å². The fourth-order valence-corrected chi connectivity index (χ4v) is 7.30. The highest BCUT2D eigenvalue weighted by atomic mass is 16.3. The second-order valence-electron chi connectivity index (χ2n) is 14.5. The van der Waals surface area contributed by atoms with E-state index in [-0.39, 0.29) is 5.41 Å². The molecular weight excluding hydrogens is 641 g/mol. The number of aryl methyl sites for hydroxylation is 1. The monoisotopic (exact) mass is 686 g/mol. The number of unbranched alkanes of at least 4 members (excludes halogenated alkanes) is 1. The molecule has 0 bridgehead atoms. The van der Waals surface area contributed by atoms with Crippen LogP contribution in [-0.2, 0) is 12.0 Å². The van der Waals surface area contributed by atoms with Gasteiger partial charge < -0.3 is 9.67 Å². The fourth-order valence-electron chi connectivity index (χ4n) is 7.30. The second kappa shape index (κ2) is 14.5. The number of nitrogens with zero attached hydrogens (tertiary/aromatic N) is 6. The minimum absolute atomic E-state index is 0.325. The van der Waals surface area contributed by atoms with Crippen LogP contribution < -0.4 is 0 Å². The normalized spacial score (nSPS) is 12.6. The number of hydrogen-bond acceptors (Lipinski definition) is 5. The van der Waals surface area contributed by atoms with Crippen LogP contribution >= 0.6 is 0 Å². The van der Waals surface area contributed by atoms with Gasteiger partial charge in [-0.2, -0.15) is 0 Å². The first-order valence-corrected chi connectivity index (χ1v) is 18.2. The Morgan fingerprint density at radius 3 is 1.71 bits per heavy atom. The number of rotatable bonds is 11. The van der Waals surface area contributed by atoms with Crippen molar-refractivity contribution in [1.82, 2.24) is 29.8 Å². The Labute approximate surface area is 306 Å². The molecule has 7 nitrogen and oxygen atoms in total. The molecule has 7 heteroatoms. The van der Waals surface area contributed by atoms with E-state index < -0.39 is 11.6 Å². The number of hydrogen-bond donors (Lipinski definition) is 1. The van der Waals surface area contributed by atoms with Crippen molar-refractivity contribution >= 4 is 0 Å². The maximum absolute atomic E-state index is 11.3. The molecule has 7 aromatic rings. The maximum Gasteiger partial charge on any atom is 0.184 e. The summed E-state index contributed by atoms with van der Waals surface area (Å²) in [5, 5.41) is 25.1. The van der Waals surface area contributed by atoms with Gasteiger partial charge in [-0.25, -0.2) is 9.67 Å². The van der Waals surface area contributed by atoms with Crippen LogP contribution in [0.15, 0.2) is 140 Å². The zero-order valence-corrected chi connectivity index (χ0v) is 30.6. The van der Waals surface area contributed by atoms with Crippen LogP contribution in [0.3, 0.4) is 0 Å². The highest BCUT2D eigenvalue weighted by Gasteiger charge is 2.42. The number of aliphatic hydroxyl groups is 1. The summed E-state index contributed by atoms with van der Waals surface area (Å²) in [5.41, 5.74) is 7.69. The van der Waals surface area contributed by atoms with Gasteiger partial charge in [0.15, 0.2) is 5.82 Å². The Hall–Kier alpha value is -5.66. The third-order valence-corrected chi connectivity index (χ3v) is 10.0. The smallest absolute Gasteiger partial charge is 0.184 e. The molecule has 1 N–H and O–H groups in total. The van der Waals surface area contributed by atoms with E-state index in [1.807, 2.05) is 49.7 Å². The molecule has 1 atom stereocenters. The Morgan fingerprint density at radius 1 is 0.673 bits per heavy atom. The molecule has 7 rings (SSSR count). The van der Waals surface area contributed by atoms with Gasteiger partial charge in [0.05, 0.1) is 5.69 Å². The average Bonchev–Trinajstić information content (AvgIpc) is 3.80. The third kappa shape index (κ3) is 6.26. The summed E-state index contributed by atoms with van der Waals surface area (Å²) in [6.45, 7) is 10.4. The molecule has 2 heterocycles. The first-order chi connectivity index (χ1) is 25.2. The van der Waals surface area contributed by atoms with Crippen LogP contribution in [0.2, 0.25) is 0 Å². The summed E-state index contributed by atoms with van der Waals surface area (Å²) in [7, 11) is 0. The third-order valence-electron chi connectivity index (χ3n) is 10.0. The fraction of sp³-hybridized carbons (Fsp3) is 0.244. The number of imidazole rings is 1. The topological polar surface area (TPSA) is 81.7 Å². The van der Waals surface area contributed by atoms with Gasteiger partial charge in [0.1, 0.15) is 17.5 Å². The van der Waals surface area contributed by atoms with Gasteiger partial charge in [-0.3, -0.25) is 0 Å². The predicted octanol–water partition coefficient (Wildman–Crippen LogP) is 9.76. The lowest BCUT2D eigenvalue weighted by molar-refractivity contribution is 0.0585. The van der Waals surface area contributed by atoms with Crippen LogP contribution in [0.1, 0.15) is 80.5 Å². The summed E-state index contributed by atoms with van der Waals surface area (Å²) in [6.07, 6.45) is 2.27. The van der Waals surface area contributed by atoms with Crippen molar-refractivity contribution in [3.05, 3.63) is 173 Å². The van der Waals surface area contributed by atoms with Crippen molar-refractivity contribution in [3.8, 4) is 28.2 Å². The second-order valence-corrected chi connectivity index (χ2v) is 14.5. The Bertz CT molecular complexity index is 2140. The quantitative estimate of drug-likeness (QED) is 0.137. The van der Waals surface area contributed by atoms with Gasteiger partial charge in [-0.15, -0.1) is 5.10 Å². The zero-order valence-electron chi connectivity index (χ0n) is 30.6. The lowest BCUT2D eigenvalue weighted by Gasteiger charge is -2.36. The molecule has 0 fully saturated rings. The summed E-state index contributed by atoms with van der Waals surface area (Å²) in [4.78, 5) is 5.01. The van der Waals surface area contributed by atoms with E-state index in [2.05, 4.69) is 139 Å². The zero-order chi connectivity index (χ0) is 36.3. The van der Waals surface area contributed by atoms with Gasteiger partial charge >= 0.3 is 0 Å². The molecule has 0 saturated heterocycles. The van der Waals surface area contributed by atoms with Gasteiger partial charge in [0, 0.05) is 23.4 Å². The van der Waals surface area contributed by atoms with Crippen LogP contribution in [0.5, 0.6) is 0 Å². The standard InChI is InChI=1S/C45H46N6O/c1-6-7-27-40-46-41(42(52)44(3,4)5)32(2)50(40)37-30-28-33(29-31-37)38-25-17-18-26-39(38)43-47-48-49-51(43)45(34-19-11-8-12-20-34,35-21-13-9-14-22-35)36-23-15-10-16-24-36/h8-26,28-31,42,52H,6-7,27H2,1-5H3. The Kier molecular flexibility index (Phi) is 9.71. The van der Waals surface area contributed by atoms with Crippen LogP contribution in [-0.4, -0.2) is 34.9 Å². The lowest BCUT2D eigenvalue weighted by atomic mass is 9.77. The number of aromatic nitrogens is 6. The van der Waals surface area contributed by atoms with E-state index in [0.717, 1.165) is 75.5 Å². The number of benzene rings is 5. The van der Waals surface area contributed by atoms with E-state index >= 15 is 0 Å². The summed E-state index contributed by atoms with van der Waals surface area (Å²) >= 11 is 0. The van der Waals surface area contributed by atoms with E-state index in [0.29, 0.717) is 5.82 Å². The summed E-state index contributed by atoms with van der Waals surface area (Å²) < 4.78 is 4.20. The number of aliphatic hydroxyl groups excluding tert-OH is 1. The van der Waals surface area contributed by atoms with Crippen molar-refractivity contribution < 1.29 is 5.11 Å². The van der Waals surface area contributed by atoms with Crippen LogP contribution in [0, 0.1) is 12.3 Å². The number of tetrazole rings is 1. The molecule has 1 unspecified atom stereocenters. The highest BCUT2D eigenvalue weighted by Crippen LogP contribution is 2.43. The highest BCUT2D eigenvalue weighted by molar-refractivity contribution is 5.81. The lowest BCUT2D eigenvalue weighted by Crippen LogP contribution is -2.39. The Balaban J connectivity index is 1.37. The van der Waals surface area contributed by atoms with E-state index in [1.165, 1.54) is 0 Å². The van der Waals surface area contributed by atoms with Gasteiger partial charge in [-0.1, -0.05) is 162 Å². The summed E-state index contributed by atoms with van der Waals surface area (Å²) in [6, 6.07) is 48.3. The van der Waals surface area contributed by atoms with Crippen molar-refractivity contribution in [3.63, 3.8) is 0 Å². The molecule has 5 aromatic carbocycles. The van der Waals surface area contributed by atoms with Gasteiger partial charge in [-0.05, 0) is 69.1 Å². The molecule has 2 aromatic heterocycles. The van der Waals surface area contributed by atoms with Gasteiger partial charge in [0.25, 0.3) is 0 Å². The minimum atomic E-state index is -0.858. The Morgan fingerprint density at radius 2 is 1.19 bits per heavy atom. The first-order valence-electron chi connectivity index (χ1n) is 18.2. The van der Waals surface area contributed by atoms with Crippen molar-refractivity contribution in [1.29, 1.82) is 0 Å². The van der Waals surface area contributed by atoms with Gasteiger partial charge in [0.2, 0.25) is 0 Å². The van der Waals surface area contributed by atoms with Crippen LogP contribution in [0.4, 0.5) is 0 Å². The largest absolute Gasteiger partial charge is 0.386 e. The molecular formula is C45H46N6O. The molecule has 0 radical (unpaired) electrons. The molecule has 0 spiro atoms. The molecule has 262 valence electrons. The molecule has 0 saturated carbocycles. The molecule has 0 aliphatic carbocycles. The van der Waals surface area contributed by atoms with Crippen molar-refractivity contribution in [2.75, 3.05) is 0 Å². The van der Waals surface area contributed by atoms with Crippen molar-refractivity contribution in [2.24, 2.45) is 5.41 Å². The molecule has 0 aliphatic heterocycles. The van der Waals surface area contributed by atoms with E-state index in [1.54, 1.807) is 0 Å². The molecule has 52 heavy (non-hydrogen) atoms.